The van der Waals surface area contributed by atoms with Crippen molar-refractivity contribution in [2.24, 2.45) is 5.92 Å². The summed E-state index contributed by atoms with van der Waals surface area (Å²) >= 11 is 0. The second-order valence-corrected chi connectivity index (χ2v) is 5.29. The lowest BCUT2D eigenvalue weighted by Gasteiger charge is -2.49. The van der Waals surface area contributed by atoms with Crippen molar-refractivity contribution in [3.63, 3.8) is 0 Å². The van der Waals surface area contributed by atoms with E-state index in [9.17, 15) is 53.5 Å². The van der Waals surface area contributed by atoms with Crippen LogP contribution in [-0.4, -0.2) is 53.3 Å². The van der Waals surface area contributed by atoms with Crippen LogP contribution in [0.5, 0.6) is 0 Å². The van der Waals surface area contributed by atoms with Crippen molar-refractivity contribution in [3.8, 4) is 0 Å². The molecule has 26 heavy (non-hydrogen) atoms. The maximum atomic E-state index is 13.5. The third kappa shape index (κ3) is 2.78. The lowest BCUT2D eigenvalue weighted by Crippen LogP contribution is -2.78. The van der Waals surface area contributed by atoms with Crippen LogP contribution >= 0.6 is 0 Å². The number of carbonyl (C=O) groups excluding carboxylic acids is 1. The first-order valence-corrected chi connectivity index (χ1v) is 6.31. The highest BCUT2D eigenvalue weighted by molar-refractivity contribution is 5.92. The summed E-state index contributed by atoms with van der Waals surface area (Å²) in [5.74, 6) is -41.9. The van der Waals surface area contributed by atoms with Gasteiger partial charge >= 0.3 is 41.6 Å². The number of ether oxygens (including phenoxy) is 1. The average molecular weight is 406 g/mol. The van der Waals surface area contributed by atoms with E-state index in [4.69, 9.17) is 5.11 Å². The van der Waals surface area contributed by atoms with Gasteiger partial charge in [-0.2, -0.15) is 43.9 Å². The van der Waals surface area contributed by atoms with E-state index in [1.54, 1.807) is 0 Å². The first kappa shape index (κ1) is 22.0. The number of carboxylic acid groups (broad SMARTS) is 1. The predicted molar refractivity (Wildman–Crippen MR) is 60.6 cm³/mol. The van der Waals surface area contributed by atoms with E-state index >= 15 is 0 Å². The Labute approximate surface area is 137 Å². The molecule has 0 radical (unpaired) electrons. The number of alkyl halides is 10. The number of carboxylic acids is 1. The summed E-state index contributed by atoms with van der Waals surface area (Å²) in [5.41, 5.74) is -1.02. The number of aliphatic carboxylic acids is 1. The topological polar surface area (TPSA) is 63.6 Å². The molecule has 0 amide bonds. The molecule has 0 bridgehead atoms. The second kappa shape index (κ2) is 6.01. The molecule has 14 heteroatoms. The first-order valence-electron chi connectivity index (χ1n) is 6.31. The summed E-state index contributed by atoms with van der Waals surface area (Å²) in [4.78, 5) is 21.5. The SMILES string of the molecule is C=C(CC(=O)O)C(=O)OCC1C(F)(F)C(F)(F)C(F)(F)C(F)(F)C1(F)F. The van der Waals surface area contributed by atoms with Crippen LogP contribution < -0.4 is 0 Å². The zero-order valence-electron chi connectivity index (χ0n) is 12.2. The van der Waals surface area contributed by atoms with Gasteiger partial charge in [0.25, 0.3) is 0 Å². The number of carbonyl (C=O) groups is 2. The monoisotopic (exact) mass is 406 g/mol. The van der Waals surface area contributed by atoms with Crippen molar-refractivity contribution < 1.29 is 63.3 Å². The normalized spacial score (nSPS) is 25.3. The van der Waals surface area contributed by atoms with Gasteiger partial charge in [-0.3, -0.25) is 4.79 Å². The van der Waals surface area contributed by atoms with Crippen LogP contribution in [0.1, 0.15) is 6.42 Å². The van der Waals surface area contributed by atoms with Crippen LogP contribution in [-0.2, 0) is 14.3 Å². The van der Waals surface area contributed by atoms with Crippen LogP contribution in [0.3, 0.4) is 0 Å². The molecule has 150 valence electrons. The number of rotatable bonds is 5. The van der Waals surface area contributed by atoms with E-state index in [-0.39, 0.29) is 0 Å². The molecule has 1 rings (SSSR count). The highest BCUT2D eigenvalue weighted by Gasteiger charge is 2.95. The molecular formula is C12H8F10O4. The van der Waals surface area contributed by atoms with E-state index in [1.807, 2.05) is 0 Å². The Hall–Kier alpha value is -2.02. The Morgan fingerprint density at radius 1 is 0.846 bits per heavy atom. The van der Waals surface area contributed by atoms with Gasteiger partial charge in [0.15, 0.2) is 0 Å². The lowest BCUT2D eigenvalue weighted by atomic mass is 9.75. The van der Waals surface area contributed by atoms with Crippen molar-refractivity contribution in [3.05, 3.63) is 12.2 Å². The van der Waals surface area contributed by atoms with Gasteiger partial charge in [-0.05, 0) is 0 Å². The van der Waals surface area contributed by atoms with Gasteiger partial charge in [-0.1, -0.05) is 6.58 Å². The molecule has 1 N–H and O–H groups in total. The van der Waals surface area contributed by atoms with Crippen LogP contribution in [0, 0.1) is 5.92 Å². The van der Waals surface area contributed by atoms with Gasteiger partial charge < -0.3 is 9.84 Å². The van der Waals surface area contributed by atoms with Gasteiger partial charge in [0.05, 0.1) is 6.42 Å². The minimum absolute atomic E-state index is 1.02. The molecule has 0 aromatic carbocycles. The molecule has 0 aromatic rings. The Kier molecular flexibility index (Phi) is 5.09. The molecule has 1 aliphatic rings. The predicted octanol–water partition coefficient (Wildman–Crippen LogP) is 3.37. The van der Waals surface area contributed by atoms with Crippen LogP contribution in [0.15, 0.2) is 12.2 Å². The number of esters is 1. The van der Waals surface area contributed by atoms with E-state index in [0.717, 1.165) is 0 Å². The van der Waals surface area contributed by atoms with E-state index in [0.29, 0.717) is 0 Å². The minimum Gasteiger partial charge on any atom is -0.481 e. The largest absolute Gasteiger partial charge is 0.481 e. The zero-order chi connectivity index (χ0) is 20.9. The lowest BCUT2D eigenvalue weighted by molar-refractivity contribution is -0.465. The minimum atomic E-state index is -7.11. The van der Waals surface area contributed by atoms with Gasteiger partial charge in [-0.25, -0.2) is 4.79 Å². The molecule has 0 unspecified atom stereocenters. The summed E-state index contributed by atoms with van der Waals surface area (Å²) in [7, 11) is 0. The van der Waals surface area contributed by atoms with Gasteiger partial charge in [0.2, 0.25) is 0 Å². The molecule has 0 aromatic heterocycles. The van der Waals surface area contributed by atoms with Crippen LogP contribution in [0.2, 0.25) is 0 Å². The van der Waals surface area contributed by atoms with E-state index in [2.05, 4.69) is 11.3 Å². The third-order valence-corrected chi connectivity index (χ3v) is 3.54. The first-order chi connectivity index (χ1) is 11.4. The maximum absolute atomic E-state index is 13.5. The molecule has 1 fully saturated rings. The molecule has 0 aliphatic heterocycles. The van der Waals surface area contributed by atoms with Crippen molar-refractivity contribution in [2.75, 3.05) is 6.61 Å². The summed E-state index contributed by atoms with van der Waals surface area (Å²) in [6, 6.07) is 0. The molecule has 1 saturated carbocycles. The van der Waals surface area contributed by atoms with Crippen molar-refractivity contribution in [2.45, 2.75) is 36.0 Å². The fourth-order valence-electron chi connectivity index (χ4n) is 2.01. The number of hydrogen-bond donors (Lipinski definition) is 1. The van der Waals surface area contributed by atoms with Gasteiger partial charge in [0.1, 0.15) is 12.5 Å². The maximum Gasteiger partial charge on any atom is 0.384 e. The molecule has 0 atom stereocenters. The second-order valence-electron chi connectivity index (χ2n) is 5.29. The third-order valence-electron chi connectivity index (χ3n) is 3.54. The molecule has 0 spiro atoms. The van der Waals surface area contributed by atoms with Crippen molar-refractivity contribution in [1.82, 2.24) is 0 Å². The van der Waals surface area contributed by atoms with E-state index < -0.39 is 66.1 Å². The summed E-state index contributed by atoms with van der Waals surface area (Å²) in [5, 5.41) is 8.32. The Balaban J connectivity index is 3.23. The molecule has 0 saturated heterocycles. The fourth-order valence-corrected chi connectivity index (χ4v) is 2.01. The fraction of sp³-hybridized carbons (Fsp3) is 0.667. The Morgan fingerprint density at radius 3 is 1.58 bits per heavy atom. The highest BCUT2D eigenvalue weighted by atomic mass is 19.4. The smallest absolute Gasteiger partial charge is 0.384 e. The van der Waals surface area contributed by atoms with Crippen molar-refractivity contribution in [1.29, 1.82) is 0 Å². The summed E-state index contributed by atoms with van der Waals surface area (Å²) in [6.45, 7) is 0.236. The molecule has 1 aliphatic carbocycles. The Bertz CT molecular complexity index is 598. The molecule has 4 nitrogen and oxygen atoms in total. The standard InChI is InChI=1S/C12H8F10O4/c1-4(2-6(23)24)7(25)26-3-5-8(13,14)10(17,18)12(21,22)11(19,20)9(5,15)16/h5H,1-3H2,(H,23,24). The summed E-state index contributed by atoms with van der Waals surface area (Å²) in [6.07, 6.45) is -1.18. The zero-order valence-corrected chi connectivity index (χ0v) is 12.2. The van der Waals surface area contributed by atoms with Crippen LogP contribution in [0.25, 0.3) is 0 Å². The van der Waals surface area contributed by atoms with Gasteiger partial charge in [-0.15, -0.1) is 0 Å². The number of halogens is 10. The highest BCUT2D eigenvalue weighted by Crippen LogP contribution is 2.66. The number of hydrogen-bond acceptors (Lipinski definition) is 3. The molecular weight excluding hydrogens is 398 g/mol. The quantitative estimate of drug-likeness (QED) is 0.432. The Morgan fingerprint density at radius 2 is 1.23 bits per heavy atom. The average Bonchev–Trinajstić information content (AvgIpc) is 2.44. The van der Waals surface area contributed by atoms with Crippen LogP contribution in [0.4, 0.5) is 43.9 Å². The molecule has 0 heterocycles. The van der Waals surface area contributed by atoms with Gasteiger partial charge in [0, 0.05) is 5.57 Å². The summed E-state index contributed by atoms with van der Waals surface area (Å²) < 4.78 is 136. The van der Waals surface area contributed by atoms with E-state index in [1.165, 1.54) is 0 Å². The van der Waals surface area contributed by atoms with Crippen molar-refractivity contribution >= 4 is 11.9 Å².